The first-order valence-electron chi connectivity index (χ1n) is 11.1. The Morgan fingerprint density at radius 1 is 1.06 bits per heavy atom. The minimum absolute atomic E-state index is 0.0672. The predicted octanol–water partition coefficient (Wildman–Crippen LogP) is 4.62. The maximum absolute atomic E-state index is 13.4. The van der Waals surface area contributed by atoms with Crippen molar-refractivity contribution < 1.29 is 27.8 Å². The highest BCUT2D eigenvalue weighted by molar-refractivity contribution is 6.08. The minimum atomic E-state index is -2.88. The van der Waals surface area contributed by atoms with Crippen LogP contribution in [0, 0.1) is 5.92 Å². The number of fused-ring (bicyclic) bond motifs is 1. The Kier molecular flexibility index (Phi) is 7.25. The average molecular weight is 469 g/mol. The quantitative estimate of drug-likeness (QED) is 0.550. The highest BCUT2D eigenvalue weighted by atomic mass is 19.3. The monoisotopic (exact) mass is 468 g/mol. The van der Waals surface area contributed by atoms with E-state index in [0.29, 0.717) is 30.8 Å². The number of ether oxygens (including phenoxy) is 2. The van der Waals surface area contributed by atoms with Crippen LogP contribution in [0.3, 0.4) is 0 Å². The van der Waals surface area contributed by atoms with Crippen LogP contribution in [0.4, 0.5) is 8.78 Å². The number of nitrogens with zero attached hydrogens (tertiary/aromatic N) is 1. The number of halogens is 2. The molecule has 1 unspecified atom stereocenters. The molecule has 1 atom stereocenters. The molecule has 0 aromatic heterocycles. The second-order valence-electron chi connectivity index (χ2n) is 8.19. The van der Waals surface area contributed by atoms with Crippen LogP contribution in [0.25, 0.3) is 10.8 Å². The summed E-state index contributed by atoms with van der Waals surface area (Å²) in [6, 6.07) is 17.3. The summed E-state index contributed by atoms with van der Waals surface area (Å²) in [7, 11) is 1.60. The maximum atomic E-state index is 13.4. The Labute approximate surface area is 196 Å². The van der Waals surface area contributed by atoms with E-state index in [4.69, 9.17) is 4.74 Å². The van der Waals surface area contributed by atoms with E-state index in [1.807, 2.05) is 24.3 Å². The zero-order chi connectivity index (χ0) is 24.1. The molecule has 0 radical (unpaired) electrons. The molecule has 1 N–H and O–H groups in total. The molecule has 6 nitrogen and oxygen atoms in total. The van der Waals surface area contributed by atoms with Gasteiger partial charge in [0.1, 0.15) is 11.5 Å². The van der Waals surface area contributed by atoms with Crippen molar-refractivity contribution in [3.8, 4) is 11.5 Å². The molecule has 0 aliphatic carbocycles. The van der Waals surface area contributed by atoms with Gasteiger partial charge in [-0.3, -0.25) is 9.59 Å². The van der Waals surface area contributed by atoms with E-state index in [9.17, 15) is 18.4 Å². The molecule has 1 saturated heterocycles. The van der Waals surface area contributed by atoms with Crippen molar-refractivity contribution in [2.45, 2.75) is 26.0 Å². The van der Waals surface area contributed by atoms with Crippen LogP contribution in [0.5, 0.6) is 11.5 Å². The summed E-state index contributed by atoms with van der Waals surface area (Å²) < 4.78 is 34.3. The van der Waals surface area contributed by atoms with Gasteiger partial charge < -0.3 is 19.7 Å². The van der Waals surface area contributed by atoms with Crippen molar-refractivity contribution in [3.05, 3.63) is 71.8 Å². The number of carbonyl (C=O) groups excluding carboxylic acids is 2. The lowest BCUT2D eigenvalue weighted by Gasteiger charge is -2.32. The van der Waals surface area contributed by atoms with Crippen molar-refractivity contribution in [1.29, 1.82) is 0 Å². The van der Waals surface area contributed by atoms with E-state index < -0.39 is 6.61 Å². The third-order valence-electron chi connectivity index (χ3n) is 6.03. The van der Waals surface area contributed by atoms with Gasteiger partial charge >= 0.3 is 6.61 Å². The van der Waals surface area contributed by atoms with Crippen LogP contribution in [-0.4, -0.2) is 43.5 Å². The standard InChI is InChI=1S/C26H26F2N2O4/c1-33-23-13-12-22(20-6-2-3-7-21(20)23)25(32)30-14-4-5-18(16-30)24(31)29-15-17-8-10-19(11-9-17)34-26(27)28/h2-3,6-13,18,26H,4-5,14-16H2,1H3,(H,29,31). The number of likely N-dealkylation sites (tertiary alicyclic amines) is 1. The fourth-order valence-corrected chi connectivity index (χ4v) is 4.30. The number of hydrogen-bond donors (Lipinski definition) is 1. The van der Waals surface area contributed by atoms with Crippen molar-refractivity contribution in [1.82, 2.24) is 10.2 Å². The largest absolute Gasteiger partial charge is 0.496 e. The molecule has 0 spiro atoms. The van der Waals surface area contributed by atoms with E-state index in [1.165, 1.54) is 12.1 Å². The summed E-state index contributed by atoms with van der Waals surface area (Å²) in [5, 5.41) is 4.58. The zero-order valence-corrected chi connectivity index (χ0v) is 18.8. The van der Waals surface area contributed by atoms with Crippen LogP contribution in [0.1, 0.15) is 28.8 Å². The molecule has 1 aliphatic rings. The number of methoxy groups -OCH3 is 1. The normalized spacial score (nSPS) is 15.9. The summed E-state index contributed by atoms with van der Waals surface area (Å²) in [6.07, 6.45) is 1.43. The minimum Gasteiger partial charge on any atom is -0.496 e. The number of piperidine rings is 1. The number of alkyl halides is 2. The van der Waals surface area contributed by atoms with Crippen molar-refractivity contribution in [2.75, 3.05) is 20.2 Å². The average Bonchev–Trinajstić information content (AvgIpc) is 2.86. The van der Waals surface area contributed by atoms with E-state index in [1.54, 1.807) is 36.3 Å². The Morgan fingerprint density at radius 2 is 1.79 bits per heavy atom. The van der Waals surface area contributed by atoms with Crippen LogP contribution in [-0.2, 0) is 11.3 Å². The number of hydrogen-bond acceptors (Lipinski definition) is 4. The highest BCUT2D eigenvalue weighted by Gasteiger charge is 2.29. The first-order valence-corrected chi connectivity index (χ1v) is 11.1. The SMILES string of the molecule is COc1ccc(C(=O)N2CCCC(C(=O)NCc3ccc(OC(F)F)cc3)C2)c2ccccc12. The number of amides is 2. The topological polar surface area (TPSA) is 67.9 Å². The summed E-state index contributed by atoms with van der Waals surface area (Å²) in [5.74, 6) is 0.217. The van der Waals surface area contributed by atoms with Gasteiger partial charge in [0.15, 0.2) is 0 Å². The Morgan fingerprint density at radius 3 is 2.50 bits per heavy atom. The maximum Gasteiger partial charge on any atom is 0.387 e. The van der Waals surface area contributed by atoms with Gasteiger partial charge in [0.25, 0.3) is 5.91 Å². The number of carbonyl (C=O) groups is 2. The first kappa shape index (κ1) is 23.5. The molecule has 1 heterocycles. The summed E-state index contributed by atoms with van der Waals surface area (Å²) in [5.41, 5.74) is 1.35. The lowest BCUT2D eigenvalue weighted by Crippen LogP contribution is -2.45. The van der Waals surface area contributed by atoms with Gasteiger partial charge in [-0.05, 0) is 48.1 Å². The van der Waals surface area contributed by atoms with E-state index in [2.05, 4.69) is 10.1 Å². The molecule has 2 amide bonds. The summed E-state index contributed by atoms with van der Waals surface area (Å²) in [4.78, 5) is 27.9. The van der Waals surface area contributed by atoms with Gasteiger partial charge in [0.05, 0.1) is 13.0 Å². The molecule has 1 aliphatic heterocycles. The summed E-state index contributed by atoms with van der Waals surface area (Å²) >= 11 is 0. The van der Waals surface area contributed by atoms with Gasteiger partial charge in [-0.1, -0.05) is 36.4 Å². The third-order valence-corrected chi connectivity index (χ3v) is 6.03. The van der Waals surface area contributed by atoms with Crippen LogP contribution in [0.15, 0.2) is 60.7 Å². The summed E-state index contributed by atoms with van der Waals surface area (Å²) in [6.45, 7) is -1.68. The fraction of sp³-hybridized carbons (Fsp3) is 0.308. The Bertz CT molecular complexity index is 1170. The van der Waals surface area contributed by atoms with E-state index in [-0.39, 0.29) is 30.0 Å². The predicted molar refractivity (Wildman–Crippen MR) is 124 cm³/mol. The molecule has 0 bridgehead atoms. The van der Waals surface area contributed by atoms with Gasteiger partial charge in [-0.25, -0.2) is 0 Å². The molecule has 34 heavy (non-hydrogen) atoms. The van der Waals surface area contributed by atoms with E-state index in [0.717, 1.165) is 22.8 Å². The number of nitrogens with one attached hydrogen (secondary N) is 1. The molecule has 1 fully saturated rings. The molecule has 3 aromatic rings. The van der Waals surface area contributed by atoms with Crippen LogP contribution in [0.2, 0.25) is 0 Å². The van der Waals surface area contributed by atoms with Crippen LogP contribution >= 0.6 is 0 Å². The van der Waals surface area contributed by atoms with Crippen molar-refractivity contribution in [3.63, 3.8) is 0 Å². The lowest BCUT2D eigenvalue weighted by molar-refractivity contribution is -0.126. The van der Waals surface area contributed by atoms with Gasteiger partial charge in [-0.15, -0.1) is 0 Å². The highest BCUT2D eigenvalue weighted by Crippen LogP contribution is 2.30. The van der Waals surface area contributed by atoms with Crippen molar-refractivity contribution >= 4 is 22.6 Å². The van der Waals surface area contributed by atoms with Gasteiger partial charge in [-0.2, -0.15) is 8.78 Å². The molecule has 178 valence electrons. The van der Waals surface area contributed by atoms with Gasteiger partial charge in [0, 0.05) is 30.6 Å². The van der Waals surface area contributed by atoms with Gasteiger partial charge in [0.2, 0.25) is 5.91 Å². The number of benzene rings is 3. The Hall–Kier alpha value is -3.68. The molecular weight excluding hydrogens is 442 g/mol. The molecule has 3 aromatic carbocycles. The second-order valence-corrected chi connectivity index (χ2v) is 8.19. The molecular formula is C26H26F2N2O4. The fourth-order valence-electron chi connectivity index (χ4n) is 4.30. The lowest BCUT2D eigenvalue weighted by atomic mass is 9.95. The Balaban J connectivity index is 1.40. The molecule has 0 saturated carbocycles. The smallest absolute Gasteiger partial charge is 0.387 e. The zero-order valence-electron chi connectivity index (χ0n) is 18.8. The van der Waals surface area contributed by atoms with Crippen molar-refractivity contribution in [2.24, 2.45) is 5.92 Å². The third kappa shape index (κ3) is 5.27. The second kappa shape index (κ2) is 10.5. The van der Waals surface area contributed by atoms with Crippen LogP contribution < -0.4 is 14.8 Å². The molecule has 8 heteroatoms. The number of rotatable bonds is 7. The van der Waals surface area contributed by atoms with E-state index >= 15 is 0 Å². The first-order chi connectivity index (χ1) is 16.5. The molecule has 4 rings (SSSR count).